The summed E-state index contributed by atoms with van der Waals surface area (Å²) in [6.07, 6.45) is 0. The van der Waals surface area contributed by atoms with Crippen LogP contribution in [0, 0.1) is 30.2 Å². The lowest BCUT2D eigenvalue weighted by molar-refractivity contribution is 0.102. The van der Waals surface area contributed by atoms with Gasteiger partial charge in [0.25, 0.3) is 17.0 Å². The SMILES string of the molecule is Cc1c(=O)n(C)c(Nc2ccccc2F)c2c(=O)n(-c3ccc(O)c(F)c3)c(=O)n(-c3cccc(NC(=O)c4ccc(F)c(F)c4)c3)c12. The summed E-state index contributed by atoms with van der Waals surface area (Å²) in [5.74, 6) is -5.97. The van der Waals surface area contributed by atoms with Gasteiger partial charge in [-0.1, -0.05) is 18.2 Å². The topological polar surface area (TPSA) is 127 Å². The van der Waals surface area contributed by atoms with E-state index in [2.05, 4.69) is 10.6 Å². The minimum Gasteiger partial charge on any atom is -0.505 e. The number of fused-ring (bicyclic) bond motifs is 1. The minimum absolute atomic E-state index is 0.0225. The van der Waals surface area contributed by atoms with Crippen LogP contribution in [-0.4, -0.2) is 24.7 Å². The number of aryl methyl sites for hydroxylation is 1. The highest BCUT2D eigenvalue weighted by atomic mass is 19.2. The van der Waals surface area contributed by atoms with Crippen LogP contribution in [0.15, 0.2) is 99.3 Å². The number of halogens is 4. The van der Waals surface area contributed by atoms with Crippen molar-refractivity contribution in [2.24, 2.45) is 7.05 Å². The van der Waals surface area contributed by atoms with Gasteiger partial charge in [0.2, 0.25) is 0 Å². The molecule has 0 unspecified atom stereocenters. The molecule has 2 heterocycles. The maximum Gasteiger partial charge on any atom is 0.340 e. The van der Waals surface area contributed by atoms with Crippen LogP contribution in [0.25, 0.3) is 22.3 Å². The lowest BCUT2D eigenvalue weighted by atomic mass is 10.1. The van der Waals surface area contributed by atoms with Crippen molar-refractivity contribution >= 4 is 34.0 Å². The van der Waals surface area contributed by atoms with Crippen LogP contribution in [-0.2, 0) is 7.05 Å². The molecule has 0 saturated carbocycles. The molecule has 6 aromatic rings. The number of phenols is 1. The molecule has 0 aliphatic heterocycles. The molecule has 4 aromatic carbocycles. The van der Waals surface area contributed by atoms with Crippen molar-refractivity contribution in [3.8, 4) is 17.1 Å². The average Bonchev–Trinajstić information content (AvgIpc) is 3.06. The zero-order valence-electron chi connectivity index (χ0n) is 25.0. The van der Waals surface area contributed by atoms with Crippen LogP contribution in [0.1, 0.15) is 15.9 Å². The first-order chi connectivity index (χ1) is 22.9. The molecule has 0 spiro atoms. The summed E-state index contributed by atoms with van der Waals surface area (Å²) in [5.41, 5.74) is -3.41. The van der Waals surface area contributed by atoms with Crippen molar-refractivity contribution < 1.29 is 27.5 Å². The van der Waals surface area contributed by atoms with E-state index in [1.807, 2.05) is 0 Å². The monoisotopic (exact) mass is 657 g/mol. The van der Waals surface area contributed by atoms with E-state index in [4.69, 9.17) is 0 Å². The summed E-state index contributed by atoms with van der Waals surface area (Å²) < 4.78 is 59.3. The Morgan fingerprint density at radius 2 is 1.46 bits per heavy atom. The van der Waals surface area contributed by atoms with Gasteiger partial charge in [-0.2, -0.15) is 0 Å². The molecule has 0 aliphatic carbocycles. The number of aromatic nitrogens is 3. The number of hydrogen-bond donors (Lipinski definition) is 3. The van der Waals surface area contributed by atoms with Crippen molar-refractivity contribution in [2.75, 3.05) is 10.6 Å². The van der Waals surface area contributed by atoms with Crippen molar-refractivity contribution in [1.82, 2.24) is 13.7 Å². The van der Waals surface area contributed by atoms with E-state index in [9.17, 15) is 41.8 Å². The van der Waals surface area contributed by atoms with Crippen molar-refractivity contribution in [3.63, 3.8) is 0 Å². The first-order valence-corrected chi connectivity index (χ1v) is 14.2. The third-order valence-electron chi connectivity index (χ3n) is 7.67. The highest BCUT2D eigenvalue weighted by Gasteiger charge is 2.25. The van der Waals surface area contributed by atoms with E-state index in [0.717, 1.165) is 45.5 Å². The molecule has 1 amide bonds. The van der Waals surface area contributed by atoms with Gasteiger partial charge in [-0.05, 0) is 67.6 Å². The molecular formula is C34H23F4N5O5. The van der Waals surface area contributed by atoms with E-state index in [-0.39, 0.29) is 50.6 Å². The highest BCUT2D eigenvalue weighted by molar-refractivity contribution is 6.04. The Kier molecular flexibility index (Phi) is 7.92. The lowest BCUT2D eigenvalue weighted by Crippen LogP contribution is -2.40. The van der Waals surface area contributed by atoms with Gasteiger partial charge in [0.05, 0.1) is 22.6 Å². The molecule has 0 bridgehead atoms. The summed E-state index contributed by atoms with van der Waals surface area (Å²) in [6.45, 7) is 1.38. The van der Waals surface area contributed by atoms with Gasteiger partial charge in [-0.25, -0.2) is 26.9 Å². The second kappa shape index (κ2) is 12.1. The van der Waals surface area contributed by atoms with Crippen LogP contribution < -0.4 is 27.4 Å². The normalized spacial score (nSPS) is 11.1. The number of nitrogens with zero attached hydrogens (tertiary/aromatic N) is 3. The number of aromatic hydroxyl groups is 1. The first-order valence-electron chi connectivity index (χ1n) is 14.2. The molecule has 14 heteroatoms. The van der Waals surface area contributed by atoms with Crippen LogP contribution >= 0.6 is 0 Å². The zero-order valence-corrected chi connectivity index (χ0v) is 25.0. The minimum atomic E-state index is -1.24. The number of benzene rings is 4. The number of carbonyl (C=O) groups excluding carboxylic acids is 1. The van der Waals surface area contributed by atoms with E-state index in [1.165, 1.54) is 56.4 Å². The largest absolute Gasteiger partial charge is 0.505 e. The van der Waals surface area contributed by atoms with Gasteiger partial charge in [-0.3, -0.25) is 23.5 Å². The fraction of sp³-hybridized carbons (Fsp3) is 0.0588. The van der Waals surface area contributed by atoms with Crippen LogP contribution in [0.5, 0.6) is 5.75 Å². The molecule has 0 atom stereocenters. The van der Waals surface area contributed by atoms with Gasteiger partial charge in [0.15, 0.2) is 23.2 Å². The molecule has 0 saturated heterocycles. The Morgan fingerprint density at radius 3 is 2.17 bits per heavy atom. The second-order valence-electron chi connectivity index (χ2n) is 10.7. The molecule has 3 N–H and O–H groups in total. The predicted molar refractivity (Wildman–Crippen MR) is 171 cm³/mol. The molecule has 0 fully saturated rings. The summed E-state index contributed by atoms with van der Waals surface area (Å²) >= 11 is 0. The number of carbonyl (C=O) groups is 1. The Hall–Kier alpha value is -6.44. The average molecular weight is 658 g/mol. The summed E-state index contributed by atoms with van der Waals surface area (Å²) in [6, 6.07) is 16.6. The number of pyridine rings is 1. The molecule has 0 radical (unpaired) electrons. The third kappa shape index (κ3) is 5.38. The fourth-order valence-corrected chi connectivity index (χ4v) is 5.30. The molecule has 2 aromatic heterocycles. The van der Waals surface area contributed by atoms with Gasteiger partial charge in [-0.15, -0.1) is 0 Å². The van der Waals surface area contributed by atoms with Gasteiger partial charge >= 0.3 is 5.69 Å². The van der Waals surface area contributed by atoms with E-state index in [0.29, 0.717) is 10.6 Å². The van der Waals surface area contributed by atoms with E-state index in [1.54, 1.807) is 0 Å². The quantitative estimate of drug-likeness (QED) is 0.206. The van der Waals surface area contributed by atoms with E-state index < -0.39 is 51.7 Å². The Balaban J connectivity index is 1.66. The summed E-state index contributed by atoms with van der Waals surface area (Å²) in [5, 5.41) is 14.8. The number of phenolic OH excluding ortho intramolecular Hbond substituents is 1. The van der Waals surface area contributed by atoms with Gasteiger partial charge in [0.1, 0.15) is 17.0 Å². The molecule has 242 valence electrons. The standard InChI is InChI=1S/C34H23F4N5O5/c1-17-29-28(30(41(2)32(17)46)40-26-9-4-3-8-23(26)36)33(47)43(21-11-13-27(44)25(38)16-21)34(48)42(29)20-7-5-6-19(15-20)39-31(45)18-10-12-22(35)24(37)14-18/h3-16,40,44H,1-2H3,(H,39,45). The van der Waals surface area contributed by atoms with Crippen LogP contribution in [0.4, 0.5) is 34.8 Å². The molecule has 10 nitrogen and oxygen atoms in total. The molecule has 6 rings (SSSR count). The van der Waals surface area contributed by atoms with E-state index >= 15 is 0 Å². The summed E-state index contributed by atoms with van der Waals surface area (Å²) in [7, 11) is 1.34. The van der Waals surface area contributed by atoms with Gasteiger partial charge < -0.3 is 15.7 Å². The van der Waals surface area contributed by atoms with Crippen molar-refractivity contribution in [3.05, 3.63) is 151 Å². The Morgan fingerprint density at radius 1 is 0.729 bits per heavy atom. The zero-order chi connectivity index (χ0) is 34.4. The fourth-order valence-electron chi connectivity index (χ4n) is 5.30. The maximum atomic E-state index is 14.8. The number of hydrogen-bond acceptors (Lipinski definition) is 6. The number of para-hydroxylation sites is 1. The summed E-state index contributed by atoms with van der Waals surface area (Å²) in [4.78, 5) is 55.0. The molecular weight excluding hydrogens is 634 g/mol. The van der Waals surface area contributed by atoms with Crippen molar-refractivity contribution in [1.29, 1.82) is 0 Å². The van der Waals surface area contributed by atoms with Gasteiger partial charge in [0, 0.05) is 29.9 Å². The number of rotatable bonds is 6. The highest BCUT2D eigenvalue weighted by Crippen LogP contribution is 2.28. The predicted octanol–water partition coefficient (Wildman–Crippen LogP) is 5.41. The smallest absolute Gasteiger partial charge is 0.340 e. The number of amides is 1. The maximum absolute atomic E-state index is 14.8. The second-order valence-corrected chi connectivity index (χ2v) is 10.7. The van der Waals surface area contributed by atoms with Crippen LogP contribution in [0.2, 0.25) is 0 Å². The Labute approximate surface area is 267 Å². The van der Waals surface area contributed by atoms with Crippen LogP contribution in [0.3, 0.4) is 0 Å². The molecule has 0 aliphatic rings. The molecule has 48 heavy (non-hydrogen) atoms. The number of nitrogens with one attached hydrogen (secondary N) is 2. The Bertz CT molecular complexity index is 2490. The lowest BCUT2D eigenvalue weighted by Gasteiger charge is -2.21. The van der Waals surface area contributed by atoms with Crippen molar-refractivity contribution in [2.45, 2.75) is 6.92 Å². The first kappa shape index (κ1) is 31.5. The number of anilines is 3. The third-order valence-corrected chi connectivity index (χ3v) is 7.67.